The number of carboxylic acids is 1. The van der Waals surface area contributed by atoms with Crippen LogP contribution in [-0.2, 0) is 14.3 Å². The molecule has 1 rings (SSSR count). The van der Waals surface area contributed by atoms with E-state index in [4.69, 9.17) is 14.9 Å². The number of hydrogen-bond acceptors (Lipinski definition) is 5. The number of rotatable bonds is 6. The van der Waals surface area contributed by atoms with Gasteiger partial charge in [0.15, 0.2) is 0 Å². The lowest BCUT2D eigenvalue weighted by Crippen LogP contribution is -2.28. The van der Waals surface area contributed by atoms with E-state index in [-0.39, 0.29) is 6.54 Å². The molecule has 0 bridgehead atoms. The molecule has 1 aromatic rings. The Morgan fingerprint density at radius 2 is 2.00 bits per heavy atom. The van der Waals surface area contributed by atoms with Gasteiger partial charge in [0.05, 0.1) is 6.61 Å². The van der Waals surface area contributed by atoms with E-state index in [9.17, 15) is 9.59 Å². The molecule has 0 spiro atoms. The van der Waals surface area contributed by atoms with Crippen LogP contribution < -0.4 is 5.32 Å². The Balaban J connectivity index is 2.69. The van der Waals surface area contributed by atoms with Gasteiger partial charge >= 0.3 is 11.9 Å². The van der Waals surface area contributed by atoms with Gasteiger partial charge in [-0.15, -0.1) is 0 Å². The fourth-order valence-electron chi connectivity index (χ4n) is 1.74. The topological polar surface area (TPSA) is 95.9 Å². The minimum atomic E-state index is -1.10. The Bertz CT molecular complexity index is 507. The largest absolute Gasteiger partial charge is 0.481 e. The predicted molar refractivity (Wildman–Crippen MR) is 78.2 cm³/mol. The van der Waals surface area contributed by atoms with Crippen molar-refractivity contribution in [1.29, 1.82) is 0 Å². The number of aliphatic carboxylic acids is 1. The van der Waals surface area contributed by atoms with Crippen LogP contribution in [0.25, 0.3) is 0 Å². The molecule has 0 radical (unpaired) electrons. The number of nitrogens with one attached hydrogen (secondary N) is 1. The molecule has 0 saturated carbocycles. The van der Waals surface area contributed by atoms with Crippen LogP contribution in [0, 0.1) is 0 Å². The normalized spacial score (nSPS) is 12.6. The van der Waals surface area contributed by atoms with E-state index in [1.807, 2.05) is 0 Å². The Kier molecular flexibility index (Phi) is 5.72. The minimum absolute atomic E-state index is 0.0163. The first-order valence-corrected chi connectivity index (χ1v) is 6.62. The first kappa shape index (κ1) is 17.0. The number of carboxylic acid groups (broad SMARTS) is 1. The SMILES string of the molecule is CC(C)(C)OC(=O)CNc1cccc([C@H](CO)C(=O)O)c1. The Morgan fingerprint density at radius 3 is 2.52 bits per heavy atom. The lowest BCUT2D eigenvalue weighted by Gasteiger charge is -2.20. The van der Waals surface area contributed by atoms with Gasteiger partial charge in [0.1, 0.15) is 18.1 Å². The van der Waals surface area contributed by atoms with Gasteiger partial charge in [-0.25, -0.2) is 0 Å². The van der Waals surface area contributed by atoms with E-state index in [2.05, 4.69) is 5.32 Å². The molecule has 6 nitrogen and oxygen atoms in total. The molecule has 0 fully saturated rings. The number of aliphatic hydroxyl groups is 1. The summed E-state index contributed by atoms with van der Waals surface area (Å²) in [6.45, 7) is 4.85. The van der Waals surface area contributed by atoms with Crippen molar-refractivity contribution in [3.8, 4) is 0 Å². The number of carbonyl (C=O) groups is 2. The van der Waals surface area contributed by atoms with Crippen molar-refractivity contribution in [3.63, 3.8) is 0 Å². The Labute approximate surface area is 123 Å². The van der Waals surface area contributed by atoms with Crippen LogP contribution in [0.15, 0.2) is 24.3 Å². The maximum absolute atomic E-state index is 11.6. The second-order valence-corrected chi connectivity index (χ2v) is 5.64. The first-order chi connectivity index (χ1) is 9.73. The van der Waals surface area contributed by atoms with Crippen molar-refractivity contribution >= 4 is 17.6 Å². The molecule has 116 valence electrons. The molecule has 0 aromatic heterocycles. The van der Waals surface area contributed by atoms with Gasteiger partial charge < -0.3 is 20.3 Å². The van der Waals surface area contributed by atoms with Crippen molar-refractivity contribution in [2.75, 3.05) is 18.5 Å². The van der Waals surface area contributed by atoms with E-state index in [1.54, 1.807) is 45.0 Å². The fourth-order valence-corrected chi connectivity index (χ4v) is 1.74. The summed E-state index contributed by atoms with van der Waals surface area (Å²) in [4.78, 5) is 22.6. The summed E-state index contributed by atoms with van der Waals surface area (Å²) in [5.41, 5.74) is 0.517. The zero-order chi connectivity index (χ0) is 16.0. The standard InChI is InChI=1S/C15H21NO5/c1-15(2,3)21-13(18)8-16-11-6-4-5-10(7-11)12(9-17)14(19)20/h4-7,12,16-17H,8-9H2,1-3H3,(H,19,20)/t12-/m0/s1. The highest BCUT2D eigenvalue weighted by molar-refractivity contribution is 5.78. The number of esters is 1. The van der Waals surface area contributed by atoms with Crippen LogP contribution in [0.1, 0.15) is 32.3 Å². The van der Waals surface area contributed by atoms with E-state index in [0.717, 1.165) is 0 Å². The van der Waals surface area contributed by atoms with Crippen molar-refractivity contribution in [2.24, 2.45) is 0 Å². The zero-order valence-corrected chi connectivity index (χ0v) is 12.4. The second kappa shape index (κ2) is 7.08. The minimum Gasteiger partial charge on any atom is -0.481 e. The summed E-state index contributed by atoms with van der Waals surface area (Å²) >= 11 is 0. The van der Waals surface area contributed by atoms with Gasteiger partial charge in [0.25, 0.3) is 0 Å². The Morgan fingerprint density at radius 1 is 1.33 bits per heavy atom. The average molecular weight is 295 g/mol. The van der Waals surface area contributed by atoms with Crippen molar-refractivity contribution in [2.45, 2.75) is 32.3 Å². The van der Waals surface area contributed by atoms with Gasteiger partial charge in [0.2, 0.25) is 0 Å². The molecule has 0 aliphatic rings. The van der Waals surface area contributed by atoms with Gasteiger partial charge in [-0.3, -0.25) is 9.59 Å². The molecule has 21 heavy (non-hydrogen) atoms. The number of aliphatic hydroxyl groups excluding tert-OH is 1. The van der Waals surface area contributed by atoms with E-state index < -0.39 is 30.1 Å². The monoisotopic (exact) mass is 295 g/mol. The number of carbonyl (C=O) groups excluding carboxylic acids is 1. The first-order valence-electron chi connectivity index (χ1n) is 6.62. The van der Waals surface area contributed by atoms with Crippen LogP contribution in [0.5, 0.6) is 0 Å². The molecular weight excluding hydrogens is 274 g/mol. The van der Waals surface area contributed by atoms with Gasteiger partial charge in [-0.1, -0.05) is 12.1 Å². The highest BCUT2D eigenvalue weighted by atomic mass is 16.6. The van der Waals surface area contributed by atoms with Crippen molar-refractivity contribution in [1.82, 2.24) is 0 Å². The molecule has 0 heterocycles. The van der Waals surface area contributed by atoms with E-state index in [0.29, 0.717) is 11.3 Å². The maximum atomic E-state index is 11.6. The second-order valence-electron chi connectivity index (χ2n) is 5.64. The van der Waals surface area contributed by atoms with Crippen molar-refractivity contribution in [3.05, 3.63) is 29.8 Å². The van der Waals surface area contributed by atoms with Crippen LogP contribution in [0.4, 0.5) is 5.69 Å². The number of anilines is 1. The number of benzene rings is 1. The quantitative estimate of drug-likeness (QED) is 0.690. The Hall–Kier alpha value is -2.08. The molecule has 0 unspecified atom stereocenters. The van der Waals surface area contributed by atoms with Crippen LogP contribution in [0.2, 0.25) is 0 Å². The highest BCUT2D eigenvalue weighted by Gasteiger charge is 2.19. The molecule has 0 saturated heterocycles. The molecule has 6 heteroatoms. The number of hydrogen-bond donors (Lipinski definition) is 3. The molecule has 1 aromatic carbocycles. The number of ether oxygens (including phenoxy) is 1. The summed E-state index contributed by atoms with van der Waals surface area (Å²) in [5, 5.41) is 21.0. The molecule has 1 atom stereocenters. The van der Waals surface area contributed by atoms with Crippen LogP contribution >= 0.6 is 0 Å². The van der Waals surface area contributed by atoms with Gasteiger partial charge in [-0.05, 0) is 38.5 Å². The van der Waals surface area contributed by atoms with E-state index >= 15 is 0 Å². The maximum Gasteiger partial charge on any atom is 0.325 e. The lowest BCUT2D eigenvalue weighted by molar-refractivity contribution is -0.152. The van der Waals surface area contributed by atoms with Crippen LogP contribution in [-0.4, -0.2) is 40.9 Å². The summed E-state index contributed by atoms with van der Waals surface area (Å²) in [5.74, 6) is -2.47. The summed E-state index contributed by atoms with van der Waals surface area (Å²) in [6, 6.07) is 6.59. The zero-order valence-electron chi connectivity index (χ0n) is 12.4. The highest BCUT2D eigenvalue weighted by Crippen LogP contribution is 2.19. The fraction of sp³-hybridized carbons (Fsp3) is 0.467. The van der Waals surface area contributed by atoms with Gasteiger partial charge in [-0.2, -0.15) is 0 Å². The molecule has 0 aliphatic heterocycles. The summed E-state index contributed by atoms with van der Waals surface area (Å²) < 4.78 is 5.16. The molecule has 0 amide bonds. The lowest BCUT2D eigenvalue weighted by atomic mass is 10.00. The third-order valence-corrected chi connectivity index (χ3v) is 2.63. The smallest absolute Gasteiger partial charge is 0.325 e. The molecule has 0 aliphatic carbocycles. The molecule has 3 N–H and O–H groups in total. The van der Waals surface area contributed by atoms with Crippen LogP contribution in [0.3, 0.4) is 0 Å². The average Bonchev–Trinajstić information content (AvgIpc) is 2.35. The van der Waals surface area contributed by atoms with E-state index in [1.165, 1.54) is 0 Å². The molecular formula is C15H21NO5. The summed E-state index contributed by atoms with van der Waals surface area (Å²) in [6.07, 6.45) is 0. The summed E-state index contributed by atoms with van der Waals surface area (Å²) in [7, 11) is 0. The van der Waals surface area contributed by atoms with Gasteiger partial charge in [0, 0.05) is 5.69 Å². The third kappa shape index (κ3) is 5.83. The van der Waals surface area contributed by atoms with Crippen molar-refractivity contribution < 1.29 is 24.5 Å². The third-order valence-electron chi connectivity index (χ3n) is 2.63. The predicted octanol–water partition coefficient (Wildman–Crippen LogP) is 1.60.